The number of allylic oxidation sites excluding steroid dienone is 1. The molecule has 0 aromatic heterocycles. The molecule has 0 aromatic rings. The van der Waals surface area contributed by atoms with Gasteiger partial charge in [-0.2, -0.15) is 0 Å². The van der Waals surface area contributed by atoms with Crippen LogP contribution in [0.4, 0.5) is 0 Å². The molecule has 7 atom stereocenters. The van der Waals surface area contributed by atoms with E-state index < -0.39 is 0 Å². The van der Waals surface area contributed by atoms with Crippen molar-refractivity contribution in [2.24, 2.45) is 40.4 Å². The molecule has 0 radical (unpaired) electrons. The van der Waals surface area contributed by atoms with Gasteiger partial charge in [0.15, 0.2) is 5.78 Å². The fourth-order valence-electron chi connectivity index (χ4n) is 7.66. The van der Waals surface area contributed by atoms with Crippen molar-refractivity contribution in [2.75, 3.05) is 0 Å². The van der Waals surface area contributed by atoms with Crippen molar-refractivity contribution in [1.82, 2.24) is 0 Å². The van der Waals surface area contributed by atoms with E-state index in [1.54, 1.807) is 0 Å². The molecule has 0 saturated heterocycles. The Hall–Kier alpha value is -0.920. The first-order valence-corrected chi connectivity index (χ1v) is 10.1. The van der Waals surface area contributed by atoms with Gasteiger partial charge in [-0.25, -0.2) is 0 Å². The van der Waals surface area contributed by atoms with E-state index in [2.05, 4.69) is 20.8 Å². The molecule has 0 aromatic carbocycles. The summed E-state index contributed by atoms with van der Waals surface area (Å²) in [5.74, 6) is 3.18. The van der Waals surface area contributed by atoms with Crippen LogP contribution >= 0.6 is 0 Å². The summed E-state index contributed by atoms with van der Waals surface area (Å²) in [7, 11) is 0. The maximum Gasteiger partial charge on any atom is 0.156 e. The fourth-order valence-corrected chi connectivity index (χ4v) is 7.66. The van der Waals surface area contributed by atoms with E-state index in [-0.39, 0.29) is 17.1 Å². The lowest BCUT2D eigenvalue weighted by molar-refractivity contribution is -0.129. The number of ketones is 1. The quantitative estimate of drug-likeness (QED) is 0.671. The molecule has 3 saturated carbocycles. The van der Waals surface area contributed by atoms with Crippen molar-refractivity contribution >= 4 is 12.1 Å². The normalized spacial score (nSPS) is 50.5. The molecule has 4 aliphatic rings. The predicted octanol–water partition coefficient (Wildman–Crippen LogP) is 4.97. The monoisotopic (exact) mass is 328 g/mol. The molecule has 4 rings (SSSR count). The lowest BCUT2D eigenvalue weighted by Crippen LogP contribution is -2.53. The van der Waals surface area contributed by atoms with Gasteiger partial charge in [0.25, 0.3) is 0 Å². The summed E-state index contributed by atoms with van der Waals surface area (Å²) < 4.78 is 0. The van der Waals surface area contributed by atoms with E-state index in [1.165, 1.54) is 44.1 Å². The third-order valence-corrected chi connectivity index (χ3v) is 9.03. The molecule has 0 spiro atoms. The number of hydrogen-bond acceptors (Lipinski definition) is 2. The minimum absolute atomic E-state index is 0.0514. The minimum atomic E-state index is -0.0921. The average molecular weight is 328 g/mol. The van der Waals surface area contributed by atoms with E-state index in [0.29, 0.717) is 17.8 Å². The van der Waals surface area contributed by atoms with Crippen molar-refractivity contribution in [3.8, 4) is 0 Å². The Bertz CT molecular complexity index is 591. The molecule has 0 N–H and O–H groups in total. The standard InChI is InChI=1S/C22H32O2/c1-4-14-6-8-19-18-7-5-15-11-17(24)12-16(13-23)22(15,3)20(18)9-10-21(14,19)2/h11,13-14,16,18-20H,4-10,12H2,1-3H3/t14-,16?,18-,19-,20-,21+,22+/m0/s1. The first-order valence-electron chi connectivity index (χ1n) is 10.1. The van der Waals surface area contributed by atoms with Crippen LogP contribution in [0.15, 0.2) is 11.6 Å². The molecule has 1 unspecified atom stereocenters. The highest BCUT2D eigenvalue weighted by molar-refractivity contribution is 5.94. The van der Waals surface area contributed by atoms with Crippen LogP contribution < -0.4 is 0 Å². The second-order valence-corrected chi connectivity index (χ2v) is 9.51. The van der Waals surface area contributed by atoms with E-state index in [0.717, 1.165) is 30.5 Å². The molecule has 0 heterocycles. The molecular formula is C22H32O2. The van der Waals surface area contributed by atoms with Gasteiger partial charge in [0.05, 0.1) is 0 Å². The number of fused-ring (bicyclic) bond motifs is 5. The average Bonchev–Trinajstić information content (AvgIpc) is 2.91. The second kappa shape index (κ2) is 5.54. The molecular weight excluding hydrogens is 296 g/mol. The smallest absolute Gasteiger partial charge is 0.156 e. The third kappa shape index (κ3) is 2.01. The molecule has 3 fully saturated rings. The Morgan fingerprint density at radius 3 is 2.67 bits per heavy atom. The van der Waals surface area contributed by atoms with E-state index >= 15 is 0 Å². The molecule has 2 heteroatoms. The summed E-state index contributed by atoms with van der Waals surface area (Å²) in [6.45, 7) is 7.24. The first kappa shape index (κ1) is 16.5. The van der Waals surface area contributed by atoms with Gasteiger partial charge < -0.3 is 4.79 Å². The zero-order chi connectivity index (χ0) is 17.1. The van der Waals surface area contributed by atoms with Gasteiger partial charge in [0, 0.05) is 17.8 Å². The zero-order valence-corrected chi connectivity index (χ0v) is 15.5. The predicted molar refractivity (Wildman–Crippen MR) is 95.4 cm³/mol. The first-order chi connectivity index (χ1) is 11.4. The summed E-state index contributed by atoms with van der Waals surface area (Å²) in [5.41, 5.74) is 1.77. The highest BCUT2D eigenvalue weighted by Gasteiger charge is 2.60. The summed E-state index contributed by atoms with van der Waals surface area (Å²) in [4.78, 5) is 23.9. The van der Waals surface area contributed by atoms with Crippen LogP contribution in [0, 0.1) is 40.4 Å². The summed E-state index contributed by atoms with van der Waals surface area (Å²) in [5, 5.41) is 0. The maximum absolute atomic E-state index is 12.1. The molecule has 0 bridgehead atoms. The van der Waals surface area contributed by atoms with Crippen LogP contribution in [0.2, 0.25) is 0 Å². The van der Waals surface area contributed by atoms with Gasteiger partial charge in [-0.3, -0.25) is 4.79 Å². The lowest BCUT2D eigenvalue weighted by atomic mass is 9.45. The van der Waals surface area contributed by atoms with Gasteiger partial charge in [-0.15, -0.1) is 0 Å². The Labute approximate surface area is 146 Å². The van der Waals surface area contributed by atoms with Crippen LogP contribution in [-0.4, -0.2) is 12.1 Å². The highest BCUT2D eigenvalue weighted by Crippen LogP contribution is 2.67. The summed E-state index contributed by atoms with van der Waals surface area (Å²) >= 11 is 0. The van der Waals surface area contributed by atoms with Crippen molar-refractivity contribution in [3.05, 3.63) is 11.6 Å². The Morgan fingerprint density at radius 2 is 1.96 bits per heavy atom. The zero-order valence-electron chi connectivity index (χ0n) is 15.5. The Morgan fingerprint density at radius 1 is 1.17 bits per heavy atom. The maximum atomic E-state index is 12.1. The Kier molecular flexibility index (Phi) is 3.82. The molecule has 2 nitrogen and oxygen atoms in total. The minimum Gasteiger partial charge on any atom is -0.303 e. The largest absolute Gasteiger partial charge is 0.303 e. The van der Waals surface area contributed by atoms with Gasteiger partial charge in [-0.05, 0) is 73.7 Å². The van der Waals surface area contributed by atoms with Crippen LogP contribution in [0.1, 0.15) is 72.1 Å². The van der Waals surface area contributed by atoms with E-state index in [4.69, 9.17) is 0 Å². The van der Waals surface area contributed by atoms with Gasteiger partial charge in [-0.1, -0.05) is 32.8 Å². The van der Waals surface area contributed by atoms with Crippen molar-refractivity contribution in [3.63, 3.8) is 0 Å². The summed E-state index contributed by atoms with van der Waals surface area (Å²) in [6, 6.07) is 0. The van der Waals surface area contributed by atoms with Gasteiger partial charge in [0.2, 0.25) is 0 Å². The van der Waals surface area contributed by atoms with Crippen LogP contribution in [0.25, 0.3) is 0 Å². The third-order valence-electron chi connectivity index (χ3n) is 9.03. The van der Waals surface area contributed by atoms with E-state index in [1.807, 2.05) is 6.08 Å². The Balaban J connectivity index is 1.72. The number of aldehydes is 1. The van der Waals surface area contributed by atoms with Crippen molar-refractivity contribution in [1.29, 1.82) is 0 Å². The molecule has 0 aliphatic heterocycles. The molecule has 132 valence electrons. The van der Waals surface area contributed by atoms with Gasteiger partial charge >= 0.3 is 0 Å². The highest BCUT2D eigenvalue weighted by atomic mass is 16.1. The molecule has 0 amide bonds. The summed E-state index contributed by atoms with van der Waals surface area (Å²) in [6.07, 6.45) is 12.4. The number of hydrogen-bond donors (Lipinski definition) is 0. The SMILES string of the molecule is CC[C@H]1CC[C@H]2[C@@H]3CCC4=CC(=O)CC(C=O)[C@]4(C)[C@H]3CC[C@]12C. The van der Waals surface area contributed by atoms with Gasteiger partial charge in [0.1, 0.15) is 6.29 Å². The second-order valence-electron chi connectivity index (χ2n) is 9.51. The van der Waals surface area contributed by atoms with Crippen molar-refractivity contribution in [2.45, 2.75) is 72.1 Å². The molecule has 4 aliphatic carbocycles. The topological polar surface area (TPSA) is 34.1 Å². The fraction of sp³-hybridized carbons (Fsp3) is 0.818. The number of carbonyl (C=O) groups excluding carboxylic acids is 2. The van der Waals surface area contributed by atoms with Crippen LogP contribution in [-0.2, 0) is 9.59 Å². The number of rotatable bonds is 2. The van der Waals surface area contributed by atoms with Crippen LogP contribution in [0.5, 0.6) is 0 Å². The molecule has 24 heavy (non-hydrogen) atoms. The van der Waals surface area contributed by atoms with Crippen molar-refractivity contribution < 1.29 is 9.59 Å². The van der Waals surface area contributed by atoms with Crippen LogP contribution in [0.3, 0.4) is 0 Å². The van der Waals surface area contributed by atoms with E-state index in [9.17, 15) is 9.59 Å². The number of carbonyl (C=O) groups is 2. The lowest BCUT2D eigenvalue weighted by Gasteiger charge is -2.59.